The van der Waals surface area contributed by atoms with E-state index in [4.69, 9.17) is 9.47 Å². The second kappa shape index (κ2) is 6.35. The number of methoxy groups -OCH3 is 2. The number of carbonyl (C=O) groups excluding carboxylic acids is 1. The summed E-state index contributed by atoms with van der Waals surface area (Å²) in [7, 11) is 2.68. The Hall–Kier alpha value is -2.43. The maximum absolute atomic E-state index is 14.3. The van der Waals surface area contributed by atoms with Gasteiger partial charge >= 0.3 is 0 Å². The minimum absolute atomic E-state index is 0.0294. The zero-order valence-corrected chi connectivity index (χ0v) is 11.7. The topological polar surface area (TPSA) is 35.5 Å². The highest BCUT2D eigenvalue weighted by Crippen LogP contribution is 2.30. The zero-order valence-electron chi connectivity index (χ0n) is 11.7. The van der Waals surface area contributed by atoms with Crippen LogP contribution < -0.4 is 9.47 Å². The third kappa shape index (κ3) is 3.18. The Balaban J connectivity index is 2.35. The van der Waals surface area contributed by atoms with Crippen LogP contribution in [0.3, 0.4) is 0 Å². The van der Waals surface area contributed by atoms with Crippen molar-refractivity contribution in [2.45, 2.75) is 6.42 Å². The van der Waals surface area contributed by atoms with Gasteiger partial charge in [-0.1, -0.05) is 12.1 Å². The molecule has 0 aliphatic rings. The van der Waals surface area contributed by atoms with Crippen molar-refractivity contribution in [1.29, 1.82) is 0 Å². The first kappa shape index (κ1) is 15.0. The molecule has 2 rings (SSSR count). The smallest absolute Gasteiger partial charge is 0.179 e. The first-order valence-electron chi connectivity index (χ1n) is 6.25. The SMILES string of the molecule is COc1ccc(OC)c(C(=O)Cc2ccc(F)cc2)c1F. The third-order valence-electron chi connectivity index (χ3n) is 3.06. The zero-order chi connectivity index (χ0) is 15.4. The van der Waals surface area contributed by atoms with Crippen molar-refractivity contribution in [3.63, 3.8) is 0 Å². The van der Waals surface area contributed by atoms with Crippen LogP contribution >= 0.6 is 0 Å². The highest BCUT2D eigenvalue weighted by molar-refractivity contribution is 6.00. The van der Waals surface area contributed by atoms with Crippen molar-refractivity contribution in [3.05, 3.63) is 59.2 Å². The average Bonchev–Trinajstić information content (AvgIpc) is 2.49. The minimum atomic E-state index is -0.760. The van der Waals surface area contributed by atoms with Crippen molar-refractivity contribution < 1.29 is 23.0 Å². The molecule has 0 N–H and O–H groups in total. The van der Waals surface area contributed by atoms with E-state index in [1.54, 1.807) is 0 Å². The number of carbonyl (C=O) groups is 1. The monoisotopic (exact) mass is 292 g/mol. The molecule has 0 heterocycles. The van der Waals surface area contributed by atoms with Gasteiger partial charge in [0.2, 0.25) is 0 Å². The van der Waals surface area contributed by atoms with Gasteiger partial charge in [0.1, 0.15) is 11.6 Å². The van der Waals surface area contributed by atoms with E-state index < -0.39 is 17.4 Å². The predicted octanol–water partition coefficient (Wildman–Crippen LogP) is 3.41. The highest BCUT2D eigenvalue weighted by atomic mass is 19.1. The number of halogens is 2. The summed E-state index contributed by atoms with van der Waals surface area (Å²) in [6, 6.07) is 8.34. The lowest BCUT2D eigenvalue weighted by Crippen LogP contribution is -2.09. The van der Waals surface area contributed by atoms with Crippen LogP contribution in [0.5, 0.6) is 11.5 Å². The molecule has 0 bridgehead atoms. The normalized spacial score (nSPS) is 10.3. The Morgan fingerprint density at radius 1 is 0.952 bits per heavy atom. The van der Waals surface area contributed by atoms with Gasteiger partial charge in [0.15, 0.2) is 17.3 Å². The molecule has 2 aromatic carbocycles. The maximum Gasteiger partial charge on any atom is 0.179 e. The van der Waals surface area contributed by atoms with Gasteiger partial charge in [-0.15, -0.1) is 0 Å². The lowest BCUT2D eigenvalue weighted by atomic mass is 10.0. The Morgan fingerprint density at radius 3 is 2.10 bits per heavy atom. The van der Waals surface area contributed by atoms with Gasteiger partial charge < -0.3 is 9.47 Å². The number of benzene rings is 2. The van der Waals surface area contributed by atoms with Crippen LogP contribution in [0.15, 0.2) is 36.4 Å². The third-order valence-corrected chi connectivity index (χ3v) is 3.06. The van der Waals surface area contributed by atoms with Crippen molar-refractivity contribution in [3.8, 4) is 11.5 Å². The first-order valence-corrected chi connectivity index (χ1v) is 6.25. The standard InChI is InChI=1S/C16H14F2O3/c1-20-13-7-8-14(21-2)16(18)15(13)12(19)9-10-3-5-11(17)6-4-10/h3-8H,9H2,1-2H3. The molecular weight excluding hydrogens is 278 g/mol. The van der Waals surface area contributed by atoms with Crippen LogP contribution in [0.4, 0.5) is 8.78 Å². The molecule has 0 aliphatic carbocycles. The predicted molar refractivity (Wildman–Crippen MR) is 73.9 cm³/mol. The maximum atomic E-state index is 14.3. The molecule has 0 spiro atoms. The molecule has 0 saturated heterocycles. The highest BCUT2D eigenvalue weighted by Gasteiger charge is 2.21. The van der Waals surface area contributed by atoms with E-state index >= 15 is 0 Å². The summed E-state index contributed by atoms with van der Waals surface area (Å²) in [6.45, 7) is 0. The fraction of sp³-hybridized carbons (Fsp3) is 0.188. The van der Waals surface area contributed by atoms with Gasteiger partial charge in [0.05, 0.1) is 19.8 Å². The van der Waals surface area contributed by atoms with Gasteiger partial charge in [0.25, 0.3) is 0 Å². The molecule has 0 saturated carbocycles. The van der Waals surface area contributed by atoms with Crippen LogP contribution in [-0.2, 0) is 6.42 Å². The molecule has 0 atom stereocenters. The summed E-state index contributed by atoms with van der Waals surface area (Å²) in [5, 5.41) is 0. The molecule has 0 amide bonds. The van der Waals surface area contributed by atoms with Crippen molar-refractivity contribution in [1.82, 2.24) is 0 Å². The fourth-order valence-corrected chi connectivity index (χ4v) is 2.00. The van der Waals surface area contributed by atoms with E-state index in [-0.39, 0.29) is 23.5 Å². The second-order valence-electron chi connectivity index (χ2n) is 4.39. The number of hydrogen-bond donors (Lipinski definition) is 0. The average molecular weight is 292 g/mol. The number of ether oxygens (including phenoxy) is 2. The number of Topliss-reactive ketones (excluding diaryl/α,β-unsaturated/α-hetero) is 1. The summed E-state index contributed by atoms with van der Waals surface area (Å²) in [6.07, 6.45) is -0.0548. The van der Waals surface area contributed by atoms with Crippen LogP contribution in [-0.4, -0.2) is 20.0 Å². The number of ketones is 1. The summed E-state index contributed by atoms with van der Waals surface area (Å²) < 4.78 is 37.0. The van der Waals surface area contributed by atoms with Gasteiger partial charge in [0, 0.05) is 6.42 Å². The van der Waals surface area contributed by atoms with Crippen molar-refractivity contribution >= 4 is 5.78 Å². The summed E-state index contributed by atoms with van der Waals surface area (Å²) in [5.41, 5.74) is 0.423. The Kier molecular flexibility index (Phi) is 4.52. The number of rotatable bonds is 5. The number of hydrogen-bond acceptors (Lipinski definition) is 3. The molecule has 110 valence electrons. The molecule has 2 aromatic rings. The first-order chi connectivity index (χ1) is 10.1. The lowest BCUT2D eigenvalue weighted by molar-refractivity contribution is 0.0985. The second-order valence-corrected chi connectivity index (χ2v) is 4.39. The van der Waals surface area contributed by atoms with E-state index in [1.165, 1.54) is 50.6 Å². The summed E-state index contributed by atoms with van der Waals surface area (Å²) in [4.78, 5) is 12.3. The molecule has 21 heavy (non-hydrogen) atoms. The van der Waals surface area contributed by atoms with Crippen molar-refractivity contribution in [2.24, 2.45) is 0 Å². The lowest BCUT2D eigenvalue weighted by Gasteiger charge is -2.11. The van der Waals surface area contributed by atoms with Crippen LogP contribution in [0.2, 0.25) is 0 Å². The molecule has 0 aliphatic heterocycles. The molecule has 0 unspecified atom stereocenters. The summed E-state index contributed by atoms with van der Waals surface area (Å²) >= 11 is 0. The molecule has 0 fully saturated rings. The van der Waals surface area contributed by atoms with Gasteiger partial charge in [-0.05, 0) is 29.8 Å². The molecule has 0 radical (unpaired) electrons. The van der Waals surface area contributed by atoms with Crippen LogP contribution in [0.25, 0.3) is 0 Å². The van der Waals surface area contributed by atoms with E-state index in [2.05, 4.69) is 0 Å². The Bertz CT molecular complexity index is 651. The van der Waals surface area contributed by atoms with Gasteiger partial charge in [-0.3, -0.25) is 4.79 Å². The quantitative estimate of drug-likeness (QED) is 0.792. The van der Waals surface area contributed by atoms with E-state index in [9.17, 15) is 13.6 Å². The van der Waals surface area contributed by atoms with Gasteiger partial charge in [-0.25, -0.2) is 8.78 Å². The van der Waals surface area contributed by atoms with E-state index in [0.717, 1.165) is 0 Å². The fourth-order valence-electron chi connectivity index (χ4n) is 2.00. The Labute approximate surface area is 121 Å². The van der Waals surface area contributed by atoms with Crippen LogP contribution in [0.1, 0.15) is 15.9 Å². The van der Waals surface area contributed by atoms with Crippen molar-refractivity contribution in [2.75, 3.05) is 14.2 Å². The van der Waals surface area contributed by atoms with Gasteiger partial charge in [-0.2, -0.15) is 0 Å². The molecule has 0 aromatic heterocycles. The van der Waals surface area contributed by atoms with E-state index in [1.807, 2.05) is 0 Å². The minimum Gasteiger partial charge on any atom is -0.496 e. The molecule has 3 nitrogen and oxygen atoms in total. The Morgan fingerprint density at radius 2 is 1.52 bits per heavy atom. The largest absolute Gasteiger partial charge is 0.496 e. The van der Waals surface area contributed by atoms with Crippen LogP contribution in [0, 0.1) is 11.6 Å². The molecular formula is C16H14F2O3. The van der Waals surface area contributed by atoms with E-state index in [0.29, 0.717) is 5.56 Å². The summed E-state index contributed by atoms with van der Waals surface area (Å²) in [5.74, 6) is -1.51. The molecule has 5 heteroatoms.